The zero-order valence-corrected chi connectivity index (χ0v) is 21.5. The smallest absolute Gasteiger partial charge is 0.305 e. The van der Waals surface area contributed by atoms with Crippen molar-refractivity contribution in [3.8, 4) is 17.5 Å². The van der Waals surface area contributed by atoms with E-state index in [2.05, 4.69) is 21.2 Å². The Morgan fingerprint density at radius 1 is 1.11 bits per heavy atom. The summed E-state index contributed by atoms with van der Waals surface area (Å²) in [6.07, 6.45) is -1.06. The number of hydrogen-bond acceptors (Lipinski definition) is 5. The highest BCUT2D eigenvalue weighted by atomic mass is 35.5. The zero-order chi connectivity index (χ0) is 24.6. The number of benzene rings is 2. The summed E-state index contributed by atoms with van der Waals surface area (Å²) in [4.78, 5) is 2.49. The minimum Gasteiger partial charge on any atom is -0.305 e. The van der Waals surface area contributed by atoms with Gasteiger partial charge in [0.25, 0.3) is 0 Å². The van der Waals surface area contributed by atoms with E-state index in [1.54, 1.807) is 36.0 Å². The van der Waals surface area contributed by atoms with E-state index in [1.165, 1.54) is 12.1 Å². The van der Waals surface area contributed by atoms with Crippen molar-refractivity contribution in [2.45, 2.75) is 36.5 Å². The van der Waals surface area contributed by atoms with Gasteiger partial charge in [-0.25, -0.2) is 0 Å². The Labute approximate surface area is 219 Å². The van der Waals surface area contributed by atoms with E-state index < -0.39 is 11.7 Å². The van der Waals surface area contributed by atoms with Crippen LogP contribution in [0.5, 0.6) is 0 Å². The van der Waals surface area contributed by atoms with Gasteiger partial charge >= 0.3 is 6.18 Å². The Morgan fingerprint density at radius 3 is 2.50 bits per heavy atom. The molecule has 1 saturated heterocycles. The molecule has 1 saturated carbocycles. The summed E-state index contributed by atoms with van der Waals surface area (Å²) in [5, 5.41) is 18.5. The fraction of sp³-hybridized carbons (Fsp3) is 0.423. The highest BCUT2D eigenvalue weighted by Crippen LogP contribution is 2.64. The van der Waals surface area contributed by atoms with Crippen LogP contribution in [0, 0.1) is 16.7 Å². The summed E-state index contributed by atoms with van der Waals surface area (Å²) >= 11 is 1.69. The number of aromatic nitrogens is 3. The Balaban J connectivity index is 0.00000304. The standard InChI is InChI=1S/C26H26F3N5S.ClH/c1-33-23(20-5-3-18(16-30)4-6-20)31-32-24(33)35-14-2-12-34-13-11-25(17-34)15-22(25)19-7-9-21(10-8-19)26(27,28)29;/h3-10,22H,2,11-15,17H2,1H3;1H/t22-,25+;/m1./s1. The molecule has 2 aliphatic rings. The van der Waals surface area contributed by atoms with Crippen molar-refractivity contribution in [2.75, 3.05) is 25.4 Å². The van der Waals surface area contributed by atoms with Crippen molar-refractivity contribution in [3.63, 3.8) is 0 Å². The molecule has 190 valence electrons. The minimum absolute atomic E-state index is 0. The van der Waals surface area contributed by atoms with E-state index in [1.807, 2.05) is 23.7 Å². The summed E-state index contributed by atoms with van der Waals surface area (Å²) in [7, 11) is 1.95. The quantitative estimate of drug-likeness (QED) is 0.269. The minimum atomic E-state index is -4.28. The molecule has 10 heteroatoms. The van der Waals surface area contributed by atoms with Gasteiger partial charge in [0.05, 0.1) is 17.2 Å². The normalized spacial score (nSPS) is 21.4. The molecule has 1 spiro atoms. The summed E-state index contributed by atoms with van der Waals surface area (Å²) < 4.78 is 40.5. The monoisotopic (exact) mass is 533 g/mol. The van der Waals surface area contributed by atoms with Gasteiger partial charge in [-0.1, -0.05) is 23.9 Å². The maximum Gasteiger partial charge on any atom is 0.416 e. The summed E-state index contributed by atoms with van der Waals surface area (Å²) in [6, 6.07) is 15.2. The number of thioether (sulfide) groups is 1. The Bertz CT molecular complexity index is 1240. The molecule has 1 aliphatic carbocycles. The van der Waals surface area contributed by atoms with Crippen LogP contribution >= 0.6 is 24.2 Å². The average molecular weight is 534 g/mol. The van der Waals surface area contributed by atoms with Crippen LogP contribution in [-0.4, -0.2) is 45.1 Å². The first kappa shape index (κ1) is 26.5. The fourth-order valence-electron chi connectivity index (χ4n) is 5.19. The maximum absolute atomic E-state index is 12.8. The van der Waals surface area contributed by atoms with Gasteiger partial charge in [0, 0.05) is 24.9 Å². The molecule has 5 nitrogen and oxygen atoms in total. The summed E-state index contributed by atoms with van der Waals surface area (Å²) in [5.74, 6) is 2.09. The number of nitriles is 1. The molecule has 2 aromatic carbocycles. The number of halogens is 4. The first-order valence-electron chi connectivity index (χ1n) is 11.7. The lowest BCUT2D eigenvalue weighted by Crippen LogP contribution is -2.23. The van der Waals surface area contributed by atoms with Crippen LogP contribution in [0.4, 0.5) is 13.2 Å². The topological polar surface area (TPSA) is 57.7 Å². The van der Waals surface area contributed by atoms with Crippen molar-refractivity contribution < 1.29 is 13.2 Å². The van der Waals surface area contributed by atoms with Crippen molar-refractivity contribution in [3.05, 3.63) is 65.2 Å². The summed E-state index contributed by atoms with van der Waals surface area (Å²) in [5.41, 5.74) is 2.25. The number of rotatable bonds is 7. The highest BCUT2D eigenvalue weighted by molar-refractivity contribution is 7.99. The van der Waals surface area contributed by atoms with Crippen molar-refractivity contribution in [1.82, 2.24) is 19.7 Å². The fourth-order valence-corrected chi connectivity index (χ4v) is 6.02. The largest absolute Gasteiger partial charge is 0.416 e. The van der Waals surface area contributed by atoms with Crippen LogP contribution in [0.25, 0.3) is 11.4 Å². The number of nitrogens with zero attached hydrogens (tertiary/aromatic N) is 5. The SMILES string of the molecule is Cl.Cn1c(SCCCN2CC[C@]3(C[C@@H]3c3ccc(C(F)(F)F)cc3)C2)nnc1-c1ccc(C#N)cc1. The van der Waals surface area contributed by atoms with E-state index in [9.17, 15) is 13.2 Å². The molecule has 0 unspecified atom stereocenters. The molecule has 0 N–H and O–H groups in total. The molecule has 5 rings (SSSR count). The first-order valence-corrected chi connectivity index (χ1v) is 12.7. The summed E-state index contributed by atoms with van der Waals surface area (Å²) in [6.45, 7) is 3.08. The number of likely N-dealkylation sites (tertiary alicyclic amines) is 1. The molecule has 3 aromatic rings. The van der Waals surface area contributed by atoms with Crippen LogP contribution < -0.4 is 0 Å². The second kappa shape index (κ2) is 10.4. The van der Waals surface area contributed by atoms with E-state index in [0.29, 0.717) is 11.5 Å². The molecular weight excluding hydrogens is 507 g/mol. The van der Waals surface area contributed by atoms with Crippen LogP contribution in [0.15, 0.2) is 53.7 Å². The molecule has 1 aliphatic heterocycles. The molecule has 1 aromatic heterocycles. The van der Waals surface area contributed by atoms with E-state index >= 15 is 0 Å². The Morgan fingerprint density at radius 2 is 1.83 bits per heavy atom. The molecule has 36 heavy (non-hydrogen) atoms. The Hall–Kier alpha value is -2.54. The van der Waals surface area contributed by atoms with Crippen LogP contribution in [-0.2, 0) is 13.2 Å². The lowest BCUT2D eigenvalue weighted by molar-refractivity contribution is -0.137. The molecular formula is C26H27ClF3N5S. The molecule has 2 atom stereocenters. The van der Waals surface area contributed by atoms with Crippen LogP contribution in [0.2, 0.25) is 0 Å². The third-order valence-electron chi connectivity index (χ3n) is 7.25. The van der Waals surface area contributed by atoms with Gasteiger partial charge in [-0.15, -0.1) is 22.6 Å². The van der Waals surface area contributed by atoms with Crippen LogP contribution in [0.1, 0.15) is 41.9 Å². The van der Waals surface area contributed by atoms with E-state index in [4.69, 9.17) is 5.26 Å². The van der Waals surface area contributed by atoms with Crippen molar-refractivity contribution in [2.24, 2.45) is 12.5 Å². The van der Waals surface area contributed by atoms with Gasteiger partial charge in [0.15, 0.2) is 11.0 Å². The lowest BCUT2D eigenvalue weighted by atomic mass is 9.97. The van der Waals surface area contributed by atoms with E-state index in [-0.39, 0.29) is 17.8 Å². The number of hydrogen-bond donors (Lipinski definition) is 0. The molecule has 0 radical (unpaired) electrons. The van der Waals surface area contributed by atoms with Crippen molar-refractivity contribution in [1.29, 1.82) is 5.26 Å². The predicted octanol–water partition coefficient (Wildman–Crippen LogP) is 6.16. The predicted molar refractivity (Wildman–Crippen MR) is 136 cm³/mol. The van der Waals surface area contributed by atoms with Gasteiger partial charge < -0.3 is 9.47 Å². The second-order valence-electron chi connectivity index (χ2n) is 9.52. The van der Waals surface area contributed by atoms with Crippen LogP contribution in [0.3, 0.4) is 0 Å². The van der Waals surface area contributed by atoms with Gasteiger partial charge in [-0.05, 0) is 85.6 Å². The number of alkyl halides is 3. The second-order valence-corrected chi connectivity index (χ2v) is 10.6. The van der Waals surface area contributed by atoms with Gasteiger partial charge in [0.1, 0.15) is 0 Å². The molecule has 2 fully saturated rings. The third-order valence-corrected chi connectivity index (χ3v) is 8.36. The van der Waals surface area contributed by atoms with Gasteiger partial charge in [-0.3, -0.25) is 0 Å². The average Bonchev–Trinajstić information content (AvgIpc) is 3.20. The van der Waals surface area contributed by atoms with Crippen molar-refractivity contribution >= 4 is 24.2 Å². The third kappa shape index (κ3) is 5.41. The maximum atomic E-state index is 12.8. The highest BCUT2D eigenvalue weighted by Gasteiger charge is 2.57. The lowest BCUT2D eigenvalue weighted by Gasteiger charge is -2.16. The van der Waals surface area contributed by atoms with Gasteiger partial charge in [0.2, 0.25) is 0 Å². The molecule has 0 bridgehead atoms. The first-order chi connectivity index (χ1) is 16.8. The van der Waals surface area contributed by atoms with E-state index in [0.717, 1.165) is 66.8 Å². The molecule has 2 heterocycles. The Kier molecular flexibility index (Phi) is 7.69. The molecule has 0 amide bonds. The zero-order valence-electron chi connectivity index (χ0n) is 19.8. The van der Waals surface area contributed by atoms with Gasteiger partial charge in [-0.2, -0.15) is 18.4 Å².